The summed E-state index contributed by atoms with van der Waals surface area (Å²) in [5, 5.41) is 0.362. The molecule has 0 radical (unpaired) electrons. The Morgan fingerprint density at radius 3 is 2.46 bits per heavy atom. The van der Waals surface area contributed by atoms with Gasteiger partial charge in [0.15, 0.2) is 0 Å². The number of nitrogens with one attached hydrogen (secondary N) is 1. The van der Waals surface area contributed by atoms with Crippen molar-refractivity contribution >= 4 is 39.0 Å². The molecule has 5 N–H and O–H groups in total. The summed E-state index contributed by atoms with van der Waals surface area (Å²) >= 11 is 0. The van der Waals surface area contributed by atoms with Gasteiger partial charge in [-0.1, -0.05) is 12.1 Å². The number of hydrogen-bond donors (Lipinski definition) is 3. The number of ether oxygens (including phenoxy) is 1. The number of benzene rings is 2. The van der Waals surface area contributed by atoms with Gasteiger partial charge in [-0.2, -0.15) is 13.2 Å². The SMILES string of the molecule is Nc1ccc2c(c1N)c(=O)[nH]c1cccc(OC(=O)C(F)(F)F)c12. The molecule has 0 unspecified atom stereocenters. The number of carbonyl (C=O) groups excluding carboxylic acids is 1. The van der Waals surface area contributed by atoms with Crippen LogP contribution in [0.1, 0.15) is 0 Å². The molecule has 0 aliphatic carbocycles. The summed E-state index contributed by atoms with van der Waals surface area (Å²) < 4.78 is 41.8. The first-order valence-corrected chi connectivity index (χ1v) is 6.62. The van der Waals surface area contributed by atoms with Crippen molar-refractivity contribution < 1.29 is 22.7 Å². The average Bonchev–Trinajstić information content (AvgIpc) is 2.49. The largest absolute Gasteiger partial charge is 0.491 e. The Hall–Kier alpha value is -3.23. The second-order valence-corrected chi connectivity index (χ2v) is 5.01. The highest BCUT2D eigenvalue weighted by molar-refractivity contribution is 6.13. The third kappa shape index (κ3) is 2.39. The molecule has 0 bridgehead atoms. The van der Waals surface area contributed by atoms with E-state index < -0.39 is 17.7 Å². The van der Waals surface area contributed by atoms with Crippen molar-refractivity contribution in [3.8, 4) is 5.75 Å². The number of hydrogen-bond acceptors (Lipinski definition) is 5. The van der Waals surface area contributed by atoms with Crippen LogP contribution in [0.5, 0.6) is 5.75 Å². The molecule has 0 fully saturated rings. The second-order valence-electron chi connectivity index (χ2n) is 5.01. The fraction of sp³-hybridized carbons (Fsp3) is 0.0667. The minimum absolute atomic E-state index is 0.00685. The van der Waals surface area contributed by atoms with Crippen molar-refractivity contribution in [3.63, 3.8) is 0 Å². The van der Waals surface area contributed by atoms with Crippen LogP contribution in [0.25, 0.3) is 21.7 Å². The quantitative estimate of drug-likeness (QED) is 0.273. The van der Waals surface area contributed by atoms with E-state index in [-0.39, 0.29) is 38.8 Å². The van der Waals surface area contributed by atoms with E-state index in [4.69, 9.17) is 11.5 Å². The molecule has 0 aliphatic heterocycles. The van der Waals surface area contributed by atoms with Gasteiger partial charge in [-0.05, 0) is 18.2 Å². The highest BCUT2D eigenvalue weighted by atomic mass is 19.4. The van der Waals surface area contributed by atoms with Crippen molar-refractivity contribution in [1.82, 2.24) is 4.98 Å². The number of nitrogens with two attached hydrogens (primary N) is 2. The summed E-state index contributed by atoms with van der Waals surface area (Å²) in [6.07, 6.45) is -5.15. The van der Waals surface area contributed by atoms with Crippen LogP contribution < -0.4 is 21.8 Å². The lowest BCUT2D eigenvalue weighted by atomic mass is 10.0. The van der Waals surface area contributed by atoms with Gasteiger partial charge in [0, 0.05) is 10.8 Å². The summed E-state index contributed by atoms with van der Waals surface area (Å²) in [7, 11) is 0. The van der Waals surface area contributed by atoms with E-state index >= 15 is 0 Å². The third-order valence-electron chi connectivity index (χ3n) is 3.48. The number of rotatable bonds is 1. The Bertz CT molecular complexity index is 1040. The van der Waals surface area contributed by atoms with Crippen molar-refractivity contribution in [2.75, 3.05) is 11.5 Å². The van der Waals surface area contributed by atoms with E-state index in [1.807, 2.05) is 0 Å². The number of anilines is 2. The van der Waals surface area contributed by atoms with E-state index in [1.165, 1.54) is 30.3 Å². The predicted octanol–water partition coefficient (Wildman–Crippen LogP) is 2.31. The van der Waals surface area contributed by atoms with Gasteiger partial charge in [-0.15, -0.1) is 0 Å². The number of halogens is 3. The Morgan fingerprint density at radius 1 is 1.08 bits per heavy atom. The Balaban J connectivity index is 2.37. The smallest absolute Gasteiger partial charge is 0.419 e. The molecular formula is C15H10F3N3O3. The first kappa shape index (κ1) is 15.7. The molecular weight excluding hydrogens is 327 g/mol. The molecule has 124 valence electrons. The van der Waals surface area contributed by atoms with E-state index in [9.17, 15) is 22.8 Å². The van der Waals surface area contributed by atoms with Gasteiger partial charge in [0.25, 0.3) is 5.56 Å². The zero-order valence-corrected chi connectivity index (χ0v) is 11.9. The van der Waals surface area contributed by atoms with Crippen LogP contribution in [-0.2, 0) is 4.79 Å². The maximum atomic E-state index is 12.5. The fourth-order valence-electron chi connectivity index (χ4n) is 2.43. The second kappa shape index (κ2) is 5.15. The number of aromatic amines is 1. The van der Waals surface area contributed by atoms with Gasteiger partial charge in [0.2, 0.25) is 0 Å². The molecule has 24 heavy (non-hydrogen) atoms. The Morgan fingerprint density at radius 2 is 1.79 bits per heavy atom. The minimum Gasteiger partial charge on any atom is -0.419 e. The van der Waals surface area contributed by atoms with Crippen LogP contribution in [0.15, 0.2) is 35.1 Å². The number of pyridine rings is 1. The summed E-state index contributed by atoms with van der Waals surface area (Å²) in [6.45, 7) is 0. The first-order valence-electron chi connectivity index (χ1n) is 6.62. The highest BCUT2D eigenvalue weighted by Gasteiger charge is 2.41. The number of carbonyl (C=O) groups is 1. The standard InChI is InChI=1S/C15H10F3N3O3/c16-15(17,18)14(23)24-9-3-1-2-8-10(9)6-4-5-7(19)12(20)11(6)13(22)21-8/h1-5H,19-20H2,(H,21,22). The molecule has 1 heterocycles. The van der Waals surface area contributed by atoms with E-state index in [0.717, 1.165) is 0 Å². The number of fused-ring (bicyclic) bond motifs is 3. The molecule has 2 aromatic carbocycles. The summed E-state index contributed by atoms with van der Waals surface area (Å²) in [5.74, 6) is -2.71. The topological polar surface area (TPSA) is 111 Å². The highest BCUT2D eigenvalue weighted by Crippen LogP contribution is 2.34. The first-order chi connectivity index (χ1) is 11.2. The molecule has 6 nitrogen and oxygen atoms in total. The molecule has 1 aromatic heterocycles. The summed E-state index contributed by atoms with van der Waals surface area (Å²) in [5.41, 5.74) is 11.2. The molecule has 0 amide bonds. The summed E-state index contributed by atoms with van der Waals surface area (Å²) in [6, 6.07) is 6.86. The van der Waals surface area contributed by atoms with E-state index in [0.29, 0.717) is 0 Å². The normalized spacial score (nSPS) is 11.8. The number of H-pyrrole nitrogens is 1. The summed E-state index contributed by atoms with van der Waals surface area (Å²) in [4.78, 5) is 25.8. The van der Waals surface area contributed by atoms with E-state index in [1.54, 1.807) is 0 Å². The number of alkyl halides is 3. The van der Waals surface area contributed by atoms with Crippen LogP contribution in [-0.4, -0.2) is 17.1 Å². The molecule has 3 aromatic rings. The Labute approximate surface area is 131 Å². The van der Waals surface area contributed by atoms with Gasteiger partial charge in [0.1, 0.15) is 5.75 Å². The van der Waals surface area contributed by atoms with Crippen molar-refractivity contribution in [2.24, 2.45) is 0 Å². The van der Waals surface area contributed by atoms with Crippen LogP contribution in [0.2, 0.25) is 0 Å². The lowest BCUT2D eigenvalue weighted by Crippen LogP contribution is -2.28. The molecule has 3 rings (SSSR count). The number of esters is 1. The molecule has 0 saturated carbocycles. The molecule has 0 spiro atoms. The lowest BCUT2D eigenvalue weighted by Gasteiger charge is -2.12. The predicted molar refractivity (Wildman–Crippen MR) is 82.6 cm³/mol. The molecule has 9 heteroatoms. The fourth-order valence-corrected chi connectivity index (χ4v) is 2.43. The number of aromatic nitrogens is 1. The molecule has 0 aliphatic rings. The van der Waals surface area contributed by atoms with Crippen LogP contribution in [0, 0.1) is 0 Å². The maximum Gasteiger partial charge on any atom is 0.491 e. The number of nitrogen functional groups attached to an aromatic ring is 2. The van der Waals surface area contributed by atoms with Gasteiger partial charge in [-0.25, -0.2) is 4.79 Å². The van der Waals surface area contributed by atoms with Crippen LogP contribution in [0.4, 0.5) is 24.5 Å². The zero-order chi connectivity index (χ0) is 17.6. The van der Waals surface area contributed by atoms with Crippen LogP contribution >= 0.6 is 0 Å². The van der Waals surface area contributed by atoms with E-state index in [2.05, 4.69) is 9.72 Å². The van der Waals surface area contributed by atoms with Gasteiger partial charge < -0.3 is 21.2 Å². The van der Waals surface area contributed by atoms with Gasteiger partial charge in [-0.3, -0.25) is 4.79 Å². The van der Waals surface area contributed by atoms with Crippen molar-refractivity contribution in [1.29, 1.82) is 0 Å². The van der Waals surface area contributed by atoms with Gasteiger partial charge >= 0.3 is 12.1 Å². The zero-order valence-electron chi connectivity index (χ0n) is 11.9. The third-order valence-corrected chi connectivity index (χ3v) is 3.48. The van der Waals surface area contributed by atoms with Crippen molar-refractivity contribution in [2.45, 2.75) is 6.18 Å². The van der Waals surface area contributed by atoms with Crippen molar-refractivity contribution in [3.05, 3.63) is 40.7 Å². The Kier molecular flexibility index (Phi) is 3.36. The van der Waals surface area contributed by atoms with Gasteiger partial charge in [0.05, 0.1) is 22.3 Å². The molecule has 0 saturated heterocycles. The monoisotopic (exact) mass is 337 g/mol. The average molecular weight is 337 g/mol. The van der Waals surface area contributed by atoms with Crippen LogP contribution in [0.3, 0.4) is 0 Å². The minimum atomic E-state index is -5.15. The lowest BCUT2D eigenvalue weighted by molar-refractivity contribution is -0.189. The maximum absolute atomic E-state index is 12.5. The molecule has 0 atom stereocenters.